The van der Waals surface area contributed by atoms with E-state index in [9.17, 15) is 9.59 Å². The average molecular weight is 332 g/mol. The molecule has 0 saturated heterocycles. The summed E-state index contributed by atoms with van der Waals surface area (Å²) in [6.07, 6.45) is 0. The molecule has 2 N–H and O–H groups in total. The highest BCUT2D eigenvalue weighted by molar-refractivity contribution is 9.10. The summed E-state index contributed by atoms with van der Waals surface area (Å²) in [6.45, 7) is 1.89. The minimum absolute atomic E-state index is 0.0587. The summed E-state index contributed by atoms with van der Waals surface area (Å²) in [5, 5.41) is 11.3. The third-order valence-electron chi connectivity index (χ3n) is 2.21. The van der Waals surface area contributed by atoms with Crippen molar-refractivity contribution in [3.8, 4) is 0 Å². The zero-order chi connectivity index (χ0) is 13.5. The van der Waals surface area contributed by atoms with E-state index in [0.29, 0.717) is 0 Å². The summed E-state index contributed by atoms with van der Waals surface area (Å²) in [7, 11) is 0. The molecule has 0 fully saturated rings. The number of hydrogen-bond acceptors (Lipinski definition) is 3. The van der Waals surface area contributed by atoms with E-state index in [-0.39, 0.29) is 23.5 Å². The maximum Gasteiger partial charge on any atom is 0.313 e. The van der Waals surface area contributed by atoms with Crippen molar-refractivity contribution < 1.29 is 14.7 Å². The molecule has 0 heterocycles. The van der Waals surface area contributed by atoms with Crippen LogP contribution in [0.3, 0.4) is 0 Å². The molecule has 18 heavy (non-hydrogen) atoms. The first kappa shape index (κ1) is 15.0. The van der Waals surface area contributed by atoms with Gasteiger partial charge in [0.25, 0.3) is 0 Å². The number of carbonyl (C=O) groups is 2. The molecular formula is C12H14BrNO3S. The van der Waals surface area contributed by atoms with Gasteiger partial charge in [-0.1, -0.05) is 34.1 Å². The third-order valence-corrected chi connectivity index (χ3v) is 3.85. The van der Waals surface area contributed by atoms with Crippen molar-refractivity contribution in [2.24, 2.45) is 0 Å². The summed E-state index contributed by atoms with van der Waals surface area (Å²) in [5.74, 6) is -0.978. The molecule has 0 bridgehead atoms. The molecule has 0 radical (unpaired) electrons. The van der Waals surface area contributed by atoms with Gasteiger partial charge in [-0.05, 0) is 18.6 Å². The lowest BCUT2D eigenvalue weighted by molar-refractivity contribution is -0.133. The second kappa shape index (κ2) is 7.43. The highest BCUT2D eigenvalue weighted by Crippen LogP contribution is 2.22. The van der Waals surface area contributed by atoms with Crippen LogP contribution in [0.25, 0.3) is 0 Å². The van der Waals surface area contributed by atoms with Crippen molar-refractivity contribution in [3.63, 3.8) is 0 Å². The lowest BCUT2D eigenvalue weighted by atomic mass is 10.1. The zero-order valence-electron chi connectivity index (χ0n) is 9.85. The van der Waals surface area contributed by atoms with Crippen LogP contribution >= 0.6 is 27.7 Å². The van der Waals surface area contributed by atoms with Crippen LogP contribution in [-0.2, 0) is 9.59 Å². The lowest BCUT2D eigenvalue weighted by Gasteiger charge is -2.15. The van der Waals surface area contributed by atoms with Crippen molar-refractivity contribution in [1.82, 2.24) is 5.32 Å². The van der Waals surface area contributed by atoms with Gasteiger partial charge in [0.2, 0.25) is 5.91 Å². The molecule has 0 spiro atoms. The number of thioether (sulfide) groups is 1. The van der Waals surface area contributed by atoms with Crippen molar-refractivity contribution in [1.29, 1.82) is 0 Å². The largest absolute Gasteiger partial charge is 0.481 e. The van der Waals surface area contributed by atoms with Gasteiger partial charge in [-0.25, -0.2) is 0 Å². The minimum atomic E-state index is -0.911. The summed E-state index contributed by atoms with van der Waals surface area (Å²) in [6, 6.07) is 7.54. The molecule has 4 nitrogen and oxygen atoms in total. The number of aliphatic carboxylic acids is 1. The number of benzene rings is 1. The predicted molar refractivity (Wildman–Crippen MR) is 75.7 cm³/mol. The van der Waals surface area contributed by atoms with Gasteiger partial charge in [0.15, 0.2) is 0 Å². The molecule has 6 heteroatoms. The standard InChI is InChI=1S/C12H14BrNO3S/c1-8(9-4-2-3-5-10(9)13)14-11(15)6-18-7-12(16)17/h2-5,8H,6-7H2,1H3,(H,14,15)(H,16,17). The zero-order valence-corrected chi connectivity index (χ0v) is 12.3. The smallest absolute Gasteiger partial charge is 0.313 e. The van der Waals surface area contributed by atoms with Crippen molar-refractivity contribution in [3.05, 3.63) is 34.3 Å². The molecule has 1 amide bonds. The maximum atomic E-state index is 11.6. The predicted octanol–water partition coefficient (Wildman–Crippen LogP) is 2.44. The van der Waals surface area contributed by atoms with Crippen LogP contribution in [0.1, 0.15) is 18.5 Å². The summed E-state index contributed by atoms with van der Waals surface area (Å²) >= 11 is 4.51. The number of hydrogen-bond donors (Lipinski definition) is 2. The Morgan fingerprint density at radius 1 is 1.39 bits per heavy atom. The second-order valence-electron chi connectivity index (χ2n) is 3.70. The maximum absolute atomic E-state index is 11.6. The Labute approximate surface area is 118 Å². The molecule has 98 valence electrons. The lowest BCUT2D eigenvalue weighted by Crippen LogP contribution is -2.28. The van der Waals surface area contributed by atoms with Crippen LogP contribution < -0.4 is 5.32 Å². The van der Waals surface area contributed by atoms with Gasteiger partial charge in [0.1, 0.15) is 0 Å². The first-order valence-electron chi connectivity index (χ1n) is 5.34. The van der Waals surface area contributed by atoms with Gasteiger partial charge < -0.3 is 10.4 Å². The fraction of sp³-hybridized carbons (Fsp3) is 0.333. The summed E-state index contributed by atoms with van der Waals surface area (Å²) < 4.78 is 0.941. The Bertz CT molecular complexity index is 439. The Morgan fingerprint density at radius 3 is 2.67 bits per heavy atom. The molecule has 0 aliphatic heterocycles. The van der Waals surface area contributed by atoms with E-state index in [1.807, 2.05) is 31.2 Å². The first-order valence-corrected chi connectivity index (χ1v) is 7.29. The third kappa shape index (κ3) is 5.10. The summed E-state index contributed by atoms with van der Waals surface area (Å²) in [5.41, 5.74) is 0.995. The van der Waals surface area contributed by atoms with Crippen LogP contribution in [0.15, 0.2) is 28.7 Å². The van der Waals surface area contributed by atoms with Crippen LogP contribution in [0.2, 0.25) is 0 Å². The molecule has 0 saturated carbocycles. The molecule has 1 atom stereocenters. The van der Waals surface area contributed by atoms with Crippen LogP contribution in [0.5, 0.6) is 0 Å². The average Bonchev–Trinajstić information content (AvgIpc) is 2.28. The van der Waals surface area contributed by atoms with Gasteiger partial charge in [0, 0.05) is 4.47 Å². The molecule has 0 aromatic heterocycles. The fourth-order valence-corrected chi connectivity index (χ4v) is 2.59. The number of carboxylic acid groups (broad SMARTS) is 1. The molecule has 1 aromatic rings. The van der Waals surface area contributed by atoms with Crippen molar-refractivity contribution >= 4 is 39.6 Å². The van der Waals surface area contributed by atoms with E-state index in [4.69, 9.17) is 5.11 Å². The number of rotatable bonds is 6. The van der Waals surface area contributed by atoms with Gasteiger partial charge in [-0.2, -0.15) is 0 Å². The molecule has 0 aliphatic rings. The second-order valence-corrected chi connectivity index (χ2v) is 5.54. The molecule has 1 aromatic carbocycles. The molecule has 1 unspecified atom stereocenters. The number of carboxylic acids is 1. The van der Waals surface area contributed by atoms with Gasteiger partial charge in [-0.3, -0.25) is 9.59 Å². The van der Waals surface area contributed by atoms with E-state index in [2.05, 4.69) is 21.2 Å². The van der Waals surface area contributed by atoms with Crippen LogP contribution in [0.4, 0.5) is 0 Å². The number of halogens is 1. The monoisotopic (exact) mass is 331 g/mol. The topological polar surface area (TPSA) is 66.4 Å². The Kier molecular flexibility index (Phi) is 6.21. The van der Waals surface area contributed by atoms with Gasteiger partial charge in [0.05, 0.1) is 17.5 Å². The van der Waals surface area contributed by atoms with Gasteiger partial charge in [-0.15, -0.1) is 11.8 Å². The number of amides is 1. The van der Waals surface area contributed by atoms with E-state index < -0.39 is 5.97 Å². The quantitative estimate of drug-likeness (QED) is 0.840. The molecular weight excluding hydrogens is 318 g/mol. The van der Waals surface area contributed by atoms with E-state index >= 15 is 0 Å². The van der Waals surface area contributed by atoms with Crippen LogP contribution in [-0.4, -0.2) is 28.5 Å². The van der Waals surface area contributed by atoms with E-state index in [1.54, 1.807) is 0 Å². The SMILES string of the molecule is CC(NC(=O)CSCC(=O)O)c1ccccc1Br. The van der Waals surface area contributed by atoms with Crippen molar-refractivity contribution in [2.45, 2.75) is 13.0 Å². The number of carbonyl (C=O) groups excluding carboxylic acids is 1. The Hall–Kier alpha value is -1.01. The Balaban J connectivity index is 2.45. The molecule has 0 aliphatic carbocycles. The molecule has 1 rings (SSSR count). The van der Waals surface area contributed by atoms with Crippen molar-refractivity contribution in [2.75, 3.05) is 11.5 Å². The summed E-state index contributed by atoms with van der Waals surface area (Å²) in [4.78, 5) is 21.9. The number of nitrogens with one attached hydrogen (secondary N) is 1. The normalized spacial score (nSPS) is 11.9. The Morgan fingerprint density at radius 2 is 2.06 bits per heavy atom. The minimum Gasteiger partial charge on any atom is -0.481 e. The fourth-order valence-electron chi connectivity index (χ4n) is 1.42. The highest BCUT2D eigenvalue weighted by Gasteiger charge is 2.12. The van der Waals surface area contributed by atoms with Crippen LogP contribution in [0, 0.1) is 0 Å². The van der Waals surface area contributed by atoms with Gasteiger partial charge >= 0.3 is 5.97 Å². The van der Waals surface area contributed by atoms with E-state index in [0.717, 1.165) is 21.8 Å². The first-order chi connectivity index (χ1) is 8.50. The highest BCUT2D eigenvalue weighted by atomic mass is 79.9. The van der Waals surface area contributed by atoms with E-state index in [1.165, 1.54) is 0 Å².